The zero-order valence-electron chi connectivity index (χ0n) is 8.89. The molecule has 0 aliphatic rings. The van der Waals surface area contributed by atoms with Gasteiger partial charge in [-0.1, -0.05) is 6.07 Å². The Bertz CT molecular complexity index is 491. The van der Waals surface area contributed by atoms with Gasteiger partial charge in [0, 0.05) is 25.4 Å². The molecule has 0 unspecified atom stereocenters. The van der Waals surface area contributed by atoms with Crippen molar-refractivity contribution < 1.29 is 4.79 Å². The number of amides is 1. The predicted molar refractivity (Wildman–Crippen MR) is 62.1 cm³/mol. The summed E-state index contributed by atoms with van der Waals surface area (Å²) in [5.74, 6) is 0.710. The summed E-state index contributed by atoms with van der Waals surface area (Å²) in [6, 6.07) is 5.85. The number of pyridine rings is 1. The van der Waals surface area contributed by atoms with Crippen LogP contribution >= 0.6 is 0 Å². The number of carbonyl (C=O) groups excluding carboxylic acids is 1. The minimum absolute atomic E-state index is 0.261. The number of aromatic nitrogens is 2. The number of anilines is 1. The number of imidazole rings is 1. The topological polar surface area (TPSA) is 72.4 Å². The normalized spacial score (nSPS) is 10.5. The number of fused-ring (bicyclic) bond motifs is 1. The van der Waals surface area contributed by atoms with Crippen molar-refractivity contribution in [2.75, 3.05) is 11.9 Å². The van der Waals surface area contributed by atoms with E-state index in [2.05, 4.69) is 10.3 Å². The summed E-state index contributed by atoms with van der Waals surface area (Å²) in [7, 11) is 0. The van der Waals surface area contributed by atoms with Crippen LogP contribution in [0.15, 0.2) is 30.6 Å². The summed E-state index contributed by atoms with van der Waals surface area (Å²) in [6.45, 7) is 0.722. The molecule has 84 valence electrons. The van der Waals surface area contributed by atoms with Gasteiger partial charge >= 0.3 is 0 Å². The average Bonchev–Trinajstić information content (AvgIpc) is 2.72. The number of nitrogens with one attached hydrogen (secondary N) is 1. The second kappa shape index (κ2) is 4.65. The molecule has 16 heavy (non-hydrogen) atoms. The first kappa shape index (κ1) is 10.5. The van der Waals surface area contributed by atoms with Crippen molar-refractivity contribution in [2.45, 2.75) is 12.8 Å². The Morgan fingerprint density at radius 3 is 3.19 bits per heavy atom. The Morgan fingerprint density at radius 1 is 1.50 bits per heavy atom. The fraction of sp³-hybridized carbons (Fsp3) is 0.273. The minimum Gasteiger partial charge on any atom is -0.371 e. The lowest BCUT2D eigenvalue weighted by Crippen LogP contribution is -2.13. The molecule has 0 fully saturated rings. The molecule has 0 aliphatic heterocycles. The molecular weight excluding hydrogens is 204 g/mol. The van der Waals surface area contributed by atoms with Crippen LogP contribution in [0.5, 0.6) is 0 Å². The van der Waals surface area contributed by atoms with Crippen molar-refractivity contribution >= 4 is 17.4 Å². The van der Waals surface area contributed by atoms with Crippen LogP contribution in [-0.2, 0) is 4.79 Å². The summed E-state index contributed by atoms with van der Waals surface area (Å²) in [5.41, 5.74) is 5.97. The van der Waals surface area contributed by atoms with E-state index in [0.29, 0.717) is 6.42 Å². The van der Waals surface area contributed by atoms with Crippen molar-refractivity contribution in [3.05, 3.63) is 30.6 Å². The Hall–Kier alpha value is -2.04. The van der Waals surface area contributed by atoms with E-state index in [-0.39, 0.29) is 5.91 Å². The van der Waals surface area contributed by atoms with Gasteiger partial charge in [-0.25, -0.2) is 4.98 Å². The molecule has 2 heterocycles. The zero-order chi connectivity index (χ0) is 11.4. The van der Waals surface area contributed by atoms with E-state index in [1.165, 1.54) is 0 Å². The van der Waals surface area contributed by atoms with E-state index in [1.807, 2.05) is 28.8 Å². The number of rotatable bonds is 5. The van der Waals surface area contributed by atoms with Crippen molar-refractivity contribution in [3.63, 3.8) is 0 Å². The molecule has 2 aromatic rings. The molecule has 0 aromatic carbocycles. The Labute approximate surface area is 93.3 Å². The molecule has 0 atom stereocenters. The van der Waals surface area contributed by atoms with Crippen LogP contribution in [0.3, 0.4) is 0 Å². The van der Waals surface area contributed by atoms with E-state index in [0.717, 1.165) is 24.4 Å². The van der Waals surface area contributed by atoms with E-state index in [4.69, 9.17) is 5.73 Å². The van der Waals surface area contributed by atoms with Gasteiger partial charge in [0.25, 0.3) is 0 Å². The molecule has 0 spiro atoms. The van der Waals surface area contributed by atoms with Gasteiger partial charge in [-0.15, -0.1) is 0 Å². The first-order valence-electron chi connectivity index (χ1n) is 5.21. The molecule has 2 aromatic heterocycles. The summed E-state index contributed by atoms with van der Waals surface area (Å²) in [5, 5.41) is 3.24. The molecule has 1 amide bonds. The second-order valence-corrected chi connectivity index (χ2v) is 3.56. The predicted octanol–water partition coefficient (Wildman–Crippen LogP) is 1.01. The van der Waals surface area contributed by atoms with E-state index >= 15 is 0 Å². The second-order valence-electron chi connectivity index (χ2n) is 3.56. The molecule has 5 heteroatoms. The summed E-state index contributed by atoms with van der Waals surface area (Å²) >= 11 is 0. The van der Waals surface area contributed by atoms with Crippen LogP contribution in [0.25, 0.3) is 5.65 Å². The highest BCUT2D eigenvalue weighted by atomic mass is 16.1. The number of nitrogens with two attached hydrogens (primary N) is 1. The first-order valence-corrected chi connectivity index (χ1v) is 5.21. The summed E-state index contributed by atoms with van der Waals surface area (Å²) in [6.07, 6.45) is 4.79. The highest BCUT2D eigenvalue weighted by Crippen LogP contribution is 2.10. The van der Waals surface area contributed by atoms with Crippen LogP contribution in [-0.4, -0.2) is 21.8 Å². The lowest BCUT2D eigenvalue weighted by molar-refractivity contribution is -0.118. The van der Waals surface area contributed by atoms with Gasteiger partial charge in [0.2, 0.25) is 5.91 Å². The van der Waals surface area contributed by atoms with Gasteiger partial charge in [0.05, 0.1) is 0 Å². The third-order valence-electron chi connectivity index (χ3n) is 2.33. The lowest BCUT2D eigenvalue weighted by atomic mass is 10.3. The smallest absolute Gasteiger partial charge is 0.217 e. The summed E-state index contributed by atoms with van der Waals surface area (Å²) < 4.78 is 1.96. The van der Waals surface area contributed by atoms with Crippen LogP contribution in [0.1, 0.15) is 12.8 Å². The molecule has 0 radical (unpaired) electrons. The quantitative estimate of drug-likeness (QED) is 0.736. The largest absolute Gasteiger partial charge is 0.371 e. The fourth-order valence-electron chi connectivity index (χ4n) is 1.57. The van der Waals surface area contributed by atoms with E-state index in [9.17, 15) is 4.79 Å². The standard InChI is InChI=1S/C11H14N4O/c12-9(16)3-2-6-13-10-4-1-5-11-14-7-8-15(10)11/h1,4-5,7-8,13H,2-3,6H2,(H2,12,16). The van der Waals surface area contributed by atoms with Gasteiger partial charge in [0.15, 0.2) is 0 Å². The molecular formula is C11H14N4O. The number of primary amides is 1. The van der Waals surface area contributed by atoms with Crippen molar-refractivity contribution in [3.8, 4) is 0 Å². The molecule has 2 rings (SSSR count). The van der Waals surface area contributed by atoms with Crippen LogP contribution in [0.4, 0.5) is 5.82 Å². The van der Waals surface area contributed by atoms with Gasteiger partial charge in [-0.2, -0.15) is 0 Å². The number of carbonyl (C=O) groups is 1. The maximum absolute atomic E-state index is 10.6. The minimum atomic E-state index is -0.261. The van der Waals surface area contributed by atoms with Crippen molar-refractivity contribution in [1.29, 1.82) is 0 Å². The fourth-order valence-corrected chi connectivity index (χ4v) is 1.57. The third kappa shape index (κ3) is 2.31. The van der Waals surface area contributed by atoms with Crippen molar-refractivity contribution in [1.82, 2.24) is 9.38 Å². The average molecular weight is 218 g/mol. The zero-order valence-corrected chi connectivity index (χ0v) is 8.89. The van der Waals surface area contributed by atoms with Crippen LogP contribution in [0, 0.1) is 0 Å². The number of nitrogens with zero attached hydrogens (tertiary/aromatic N) is 2. The van der Waals surface area contributed by atoms with Gasteiger partial charge in [0.1, 0.15) is 11.5 Å². The molecule has 3 N–H and O–H groups in total. The van der Waals surface area contributed by atoms with E-state index < -0.39 is 0 Å². The van der Waals surface area contributed by atoms with Crippen molar-refractivity contribution in [2.24, 2.45) is 5.73 Å². The number of hydrogen-bond acceptors (Lipinski definition) is 3. The van der Waals surface area contributed by atoms with Crippen LogP contribution in [0.2, 0.25) is 0 Å². The molecule has 0 bridgehead atoms. The van der Waals surface area contributed by atoms with Crippen LogP contribution < -0.4 is 11.1 Å². The molecule has 0 aliphatic carbocycles. The highest BCUT2D eigenvalue weighted by molar-refractivity contribution is 5.73. The lowest BCUT2D eigenvalue weighted by Gasteiger charge is -2.07. The Morgan fingerprint density at radius 2 is 2.38 bits per heavy atom. The monoisotopic (exact) mass is 218 g/mol. The maximum atomic E-state index is 10.6. The maximum Gasteiger partial charge on any atom is 0.217 e. The molecule has 0 saturated heterocycles. The molecule has 0 saturated carbocycles. The van der Waals surface area contributed by atoms with E-state index in [1.54, 1.807) is 6.20 Å². The van der Waals surface area contributed by atoms with Gasteiger partial charge < -0.3 is 11.1 Å². The number of hydrogen-bond donors (Lipinski definition) is 2. The third-order valence-corrected chi connectivity index (χ3v) is 2.33. The van der Waals surface area contributed by atoms with Gasteiger partial charge in [-0.05, 0) is 18.6 Å². The van der Waals surface area contributed by atoms with Gasteiger partial charge in [-0.3, -0.25) is 9.20 Å². The highest BCUT2D eigenvalue weighted by Gasteiger charge is 1.99. The Kier molecular flexibility index (Phi) is 3.05. The Balaban J connectivity index is 1.98. The summed E-state index contributed by atoms with van der Waals surface area (Å²) in [4.78, 5) is 14.7. The molecule has 5 nitrogen and oxygen atoms in total. The first-order chi connectivity index (χ1) is 7.77. The SMILES string of the molecule is NC(=O)CCCNc1cccc2nccn12.